The van der Waals surface area contributed by atoms with Crippen LogP contribution in [0.25, 0.3) is 34.0 Å². The third-order valence-electron chi connectivity index (χ3n) is 9.73. The van der Waals surface area contributed by atoms with Crippen LogP contribution in [0.15, 0.2) is 97.2 Å². The molecule has 4 heteroatoms. The highest BCUT2D eigenvalue weighted by Gasteiger charge is 2.56. The molecule has 0 bridgehead atoms. The van der Waals surface area contributed by atoms with Crippen LogP contribution >= 0.6 is 0 Å². The van der Waals surface area contributed by atoms with Gasteiger partial charge in [0.15, 0.2) is 11.6 Å². The molecule has 200 valence electrons. The van der Waals surface area contributed by atoms with E-state index in [0.717, 1.165) is 33.8 Å². The van der Waals surface area contributed by atoms with Crippen LogP contribution in [-0.4, -0.2) is 19.9 Å². The van der Waals surface area contributed by atoms with Crippen LogP contribution < -0.4 is 0 Å². The summed E-state index contributed by atoms with van der Waals surface area (Å²) in [6, 6.07) is 31.4. The quantitative estimate of drug-likeness (QED) is 0.231. The fourth-order valence-electron chi connectivity index (χ4n) is 6.04. The van der Waals surface area contributed by atoms with Gasteiger partial charge in [-0.1, -0.05) is 114 Å². The number of benzene rings is 3. The summed E-state index contributed by atoms with van der Waals surface area (Å²) in [5.41, 5.74) is 8.23. The number of rotatable bonds is 5. The van der Waals surface area contributed by atoms with Crippen LogP contribution in [-0.2, 0) is 17.3 Å². The van der Waals surface area contributed by atoms with Gasteiger partial charge in [-0.3, -0.25) is 4.98 Å². The lowest BCUT2D eigenvalue weighted by atomic mass is 9.59. The van der Waals surface area contributed by atoms with E-state index in [4.69, 9.17) is 19.9 Å². The highest BCUT2D eigenvalue weighted by Crippen LogP contribution is 2.61. The third-order valence-corrected chi connectivity index (χ3v) is 9.73. The second-order valence-electron chi connectivity index (χ2n) is 12.5. The van der Waals surface area contributed by atoms with Crippen LogP contribution in [0.3, 0.4) is 0 Å². The zero-order valence-corrected chi connectivity index (χ0v) is 24.2. The van der Waals surface area contributed by atoms with E-state index in [-0.39, 0.29) is 16.2 Å². The number of pyridine rings is 1. The maximum Gasteiger partial charge on any atom is 0.165 e. The van der Waals surface area contributed by atoms with Gasteiger partial charge in [0.05, 0.1) is 5.69 Å². The Kier molecular flexibility index (Phi) is 6.18. The van der Waals surface area contributed by atoms with E-state index in [2.05, 4.69) is 84.0 Å². The lowest BCUT2D eigenvalue weighted by molar-refractivity contribution is 0.125. The molecule has 4 nitrogen and oxygen atoms in total. The average molecular weight is 525 g/mol. The molecule has 40 heavy (non-hydrogen) atoms. The predicted molar refractivity (Wildman–Crippen MR) is 163 cm³/mol. The minimum absolute atomic E-state index is 0.0512. The summed E-state index contributed by atoms with van der Waals surface area (Å²) in [5, 5.41) is 0. The van der Waals surface area contributed by atoms with Gasteiger partial charge in [-0.05, 0) is 51.1 Å². The minimum atomic E-state index is 0.0512. The number of nitrogens with zero attached hydrogens (tertiary/aromatic N) is 4. The van der Waals surface area contributed by atoms with Gasteiger partial charge < -0.3 is 0 Å². The van der Waals surface area contributed by atoms with E-state index in [0.29, 0.717) is 18.1 Å². The summed E-state index contributed by atoms with van der Waals surface area (Å²) < 4.78 is 0. The Morgan fingerprint density at radius 2 is 1.15 bits per heavy atom. The molecule has 0 saturated heterocycles. The average Bonchev–Trinajstić information content (AvgIpc) is 3.07. The van der Waals surface area contributed by atoms with Crippen LogP contribution in [0, 0.1) is 5.41 Å². The van der Waals surface area contributed by atoms with Gasteiger partial charge in [-0.15, -0.1) is 0 Å². The maximum atomic E-state index is 4.89. The molecule has 0 amide bonds. The molecule has 0 radical (unpaired) electrons. The Bertz CT molecular complexity index is 1670. The molecule has 1 aliphatic carbocycles. The molecule has 0 unspecified atom stereocenters. The summed E-state index contributed by atoms with van der Waals surface area (Å²) in [6.45, 7) is 14.3. The van der Waals surface area contributed by atoms with Crippen LogP contribution in [0.1, 0.15) is 64.1 Å². The summed E-state index contributed by atoms with van der Waals surface area (Å²) in [4.78, 5) is 19.4. The number of aromatic nitrogens is 4. The highest BCUT2D eigenvalue weighted by molar-refractivity contribution is 5.67. The second kappa shape index (κ2) is 9.48. The van der Waals surface area contributed by atoms with Crippen molar-refractivity contribution in [3.05, 3.63) is 120 Å². The first-order chi connectivity index (χ1) is 19.1. The molecule has 0 atom stereocenters. The van der Waals surface area contributed by atoms with Gasteiger partial charge in [0.1, 0.15) is 5.82 Å². The van der Waals surface area contributed by atoms with E-state index in [1.54, 1.807) is 0 Å². The zero-order valence-electron chi connectivity index (χ0n) is 24.2. The summed E-state index contributed by atoms with van der Waals surface area (Å²) in [5.74, 6) is 2.05. The molecule has 0 spiro atoms. The smallest absolute Gasteiger partial charge is 0.165 e. The Morgan fingerprint density at radius 1 is 0.550 bits per heavy atom. The number of hydrogen-bond acceptors (Lipinski definition) is 4. The van der Waals surface area contributed by atoms with Gasteiger partial charge in [0, 0.05) is 29.3 Å². The van der Waals surface area contributed by atoms with Crippen molar-refractivity contribution in [2.45, 2.75) is 58.8 Å². The largest absolute Gasteiger partial charge is 0.255 e. The highest BCUT2D eigenvalue weighted by atomic mass is 15.0. The Morgan fingerprint density at radius 3 is 1.80 bits per heavy atom. The van der Waals surface area contributed by atoms with E-state index >= 15 is 0 Å². The lowest BCUT2D eigenvalue weighted by Crippen LogP contribution is -2.42. The lowest BCUT2D eigenvalue weighted by Gasteiger charge is -2.44. The van der Waals surface area contributed by atoms with E-state index in [1.807, 2.05) is 54.7 Å². The monoisotopic (exact) mass is 524 g/mol. The molecule has 2 aromatic heterocycles. The van der Waals surface area contributed by atoms with Crippen molar-refractivity contribution in [2.75, 3.05) is 0 Å². The molecule has 2 heterocycles. The van der Waals surface area contributed by atoms with Crippen molar-refractivity contribution in [2.24, 2.45) is 5.41 Å². The summed E-state index contributed by atoms with van der Waals surface area (Å²) in [6.07, 6.45) is 2.53. The Balaban J connectivity index is 1.37. The van der Waals surface area contributed by atoms with Crippen molar-refractivity contribution in [3.63, 3.8) is 0 Å². The fourth-order valence-corrected chi connectivity index (χ4v) is 6.04. The molecular weight excluding hydrogens is 488 g/mol. The van der Waals surface area contributed by atoms with Crippen molar-refractivity contribution >= 4 is 0 Å². The summed E-state index contributed by atoms with van der Waals surface area (Å²) >= 11 is 0. The number of hydrogen-bond donors (Lipinski definition) is 0. The number of fused-ring (bicyclic) bond motifs is 1. The standard InChI is InChI=1S/C36H36N4/c1-34(2)28-19-17-26(22-29(28)35(3,4)36(34,5)6)30-20-18-27(23-37-30)33-39-31(21-24-13-9-7-10-14-24)38-32(40-33)25-15-11-8-12-16-25/h7-20,22-23H,21H2,1-6H3. The van der Waals surface area contributed by atoms with Crippen molar-refractivity contribution < 1.29 is 0 Å². The molecule has 1 aliphatic rings. The van der Waals surface area contributed by atoms with Gasteiger partial charge in [-0.25, -0.2) is 15.0 Å². The Labute approximate surface area is 237 Å². The van der Waals surface area contributed by atoms with E-state index < -0.39 is 0 Å². The van der Waals surface area contributed by atoms with Gasteiger partial charge >= 0.3 is 0 Å². The van der Waals surface area contributed by atoms with Gasteiger partial charge in [0.25, 0.3) is 0 Å². The molecule has 0 fully saturated rings. The third kappa shape index (κ3) is 4.23. The molecule has 3 aromatic carbocycles. The molecular formula is C36H36N4. The van der Waals surface area contributed by atoms with Crippen molar-refractivity contribution in [1.82, 2.24) is 19.9 Å². The van der Waals surface area contributed by atoms with Gasteiger partial charge in [0.2, 0.25) is 0 Å². The van der Waals surface area contributed by atoms with E-state index in [9.17, 15) is 0 Å². The molecule has 0 aliphatic heterocycles. The minimum Gasteiger partial charge on any atom is -0.255 e. The molecule has 6 rings (SSSR count). The van der Waals surface area contributed by atoms with Crippen LogP contribution in [0.2, 0.25) is 0 Å². The van der Waals surface area contributed by atoms with Crippen LogP contribution in [0.5, 0.6) is 0 Å². The van der Waals surface area contributed by atoms with E-state index in [1.165, 1.54) is 11.1 Å². The van der Waals surface area contributed by atoms with Crippen molar-refractivity contribution in [1.29, 1.82) is 0 Å². The molecule has 5 aromatic rings. The van der Waals surface area contributed by atoms with Crippen LogP contribution in [0.4, 0.5) is 0 Å². The zero-order chi connectivity index (χ0) is 28.1. The summed E-state index contributed by atoms with van der Waals surface area (Å²) in [7, 11) is 0. The topological polar surface area (TPSA) is 51.6 Å². The van der Waals surface area contributed by atoms with Gasteiger partial charge in [-0.2, -0.15) is 0 Å². The second-order valence-corrected chi connectivity index (χ2v) is 12.5. The Hall–Kier alpha value is -4.18. The molecule has 0 saturated carbocycles. The predicted octanol–water partition coefficient (Wildman–Crippen LogP) is 8.45. The first-order valence-corrected chi connectivity index (χ1v) is 14.0. The molecule has 0 N–H and O–H groups in total. The first kappa shape index (κ1) is 26.1. The fraction of sp³-hybridized carbons (Fsp3) is 0.278. The first-order valence-electron chi connectivity index (χ1n) is 14.0. The normalized spacial score (nSPS) is 16.4. The van der Waals surface area contributed by atoms with Crippen molar-refractivity contribution in [3.8, 4) is 34.0 Å². The maximum absolute atomic E-state index is 4.89. The SMILES string of the molecule is CC1(C)c2ccc(-c3ccc(-c4nc(Cc5ccccc5)nc(-c5ccccc5)n4)cn3)cc2C(C)(C)C1(C)C.